The molecule has 1 aromatic heterocycles. The Morgan fingerprint density at radius 3 is 2.50 bits per heavy atom. The summed E-state index contributed by atoms with van der Waals surface area (Å²) in [7, 11) is 1.83. The average molecular weight is 205 g/mol. The SMILES string of the molecule is Cc1nn(C)c(Br)c1CO. The smallest absolute Gasteiger partial charge is 0.109 e. The van der Waals surface area contributed by atoms with E-state index < -0.39 is 0 Å². The number of aliphatic hydroxyl groups excluding tert-OH is 1. The second kappa shape index (κ2) is 2.72. The van der Waals surface area contributed by atoms with Gasteiger partial charge in [0, 0.05) is 12.6 Å². The van der Waals surface area contributed by atoms with Crippen LogP contribution in [0.4, 0.5) is 0 Å². The number of aliphatic hydroxyl groups is 1. The number of hydrogen-bond acceptors (Lipinski definition) is 2. The van der Waals surface area contributed by atoms with E-state index in [1.807, 2.05) is 14.0 Å². The third kappa shape index (κ3) is 1.09. The van der Waals surface area contributed by atoms with Crippen molar-refractivity contribution < 1.29 is 5.11 Å². The maximum atomic E-state index is 8.83. The van der Waals surface area contributed by atoms with Crippen LogP contribution in [-0.4, -0.2) is 14.9 Å². The van der Waals surface area contributed by atoms with Gasteiger partial charge in [-0.3, -0.25) is 4.68 Å². The third-order valence-electron chi connectivity index (χ3n) is 1.43. The highest BCUT2D eigenvalue weighted by molar-refractivity contribution is 9.10. The standard InChI is InChI=1S/C6H9BrN2O/c1-4-5(3-10)6(7)9(2)8-4/h10H,3H2,1-2H3. The highest BCUT2D eigenvalue weighted by Crippen LogP contribution is 2.18. The predicted octanol–water partition coefficient (Wildman–Crippen LogP) is 0.983. The van der Waals surface area contributed by atoms with Gasteiger partial charge in [-0.05, 0) is 22.9 Å². The first-order chi connectivity index (χ1) is 4.66. The highest BCUT2D eigenvalue weighted by Gasteiger charge is 2.07. The number of nitrogens with zero attached hydrogens (tertiary/aromatic N) is 2. The topological polar surface area (TPSA) is 38.0 Å². The molecule has 0 aliphatic carbocycles. The molecule has 10 heavy (non-hydrogen) atoms. The molecule has 0 aliphatic rings. The van der Waals surface area contributed by atoms with Crippen LogP contribution in [0.2, 0.25) is 0 Å². The average Bonchev–Trinajstić information content (AvgIpc) is 2.09. The van der Waals surface area contributed by atoms with Crippen molar-refractivity contribution >= 4 is 15.9 Å². The van der Waals surface area contributed by atoms with Gasteiger partial charge in [-0.2, -0.15) is 5.10 Å². The lowest BCUT2D eigenvalue weighted by Crippen LogP contribution is -1.89. The Hall–Kier alpha value is -0.350. The van der Waals surface area contributed by atoms with Crippen molar-refractivity contribution in [3.8, 4) is 0 Å². The maximum absolute atomic E-state index is 8.83. The van der Waals surface area contributed by atoms with E-state index in [1.54, 1.807) is 4.68 Å². The molecular weight excluding hydrogens is 196 g/mol. The van der Waals surface area contributed by atoms with Crippen LogP contribution in [0.5, 0.6) is 0 Å². The molecule has 0 saturated carbocycles. The monoisotopic (exact) mass is 204 g/mol. The lowest BCUT2D eigenvalue weighted by atomic mass is 10.3. The highest BCUT2D eigenvalue weighted by atomic mass is 79.9. The molecule has 0 saturated heterocycles. The Kier molecular flexibility index (Phi) is 2.11. The van der Waals surface area contributed by atoms with Gasteiger partial charge in [0.15, 0.2) is 0 Å². The first-order valence-corrected chi connectivity index (χ1v) is 3.75. The van der Waals surface area contributed by atoms with Crippen molar-refractivity contribution in [2.75, 3.05) is 0 Å². The molecule has 3 nitrogen and oxygen atoms in total. The number of aryl methyl sites for hydroxylation is 2. The summed E-state index contributed by atoms with van der Waals surface area (Å²) >= 11 is 3.30. The minimum atomic E-state index is 0.0419. The number of halogens is 1. The Morgan fingerprint density at radius 2 is 2.30 bits per heavy atom. The quantitative estimate of drug-likeness (QED) is 0.742. The molecule has 0 atom stereocenters. The molecule has 0 bridgehead atoms. The zero-order valence-corrected chi connectivity index (χ0v) is 7.51. The molecule has 56 valence electrons. The Labute approximate surface area is 67.8 Å². The number of hydrogen-bond donors (Lipinski definition) is 1. The second-order valence-corrected chi connectivity index (χ2v) is 2.89. The van der Waals surface area contributed by atoms with E-state index in [4.69, 9.17) is 5.11 Å². The number of rotatable bonds is 1. The van der Waals surface area contributed by atoms with Gasteiger partial charge in [-0.15, -0.1) is 0 Å². The van der Waals surface area contributed by atoms with Crippen LogP contribution in [0.15, 0.2) is 4.60 Å². The zero-order valence-electron chi connectivity index (χ0n) is 5.93. The largest absolute Gasteiger partial charge is 0.392 e. The first-order valence-electron chi connectivity index (χ1n) is 2.95. The van der Waals surface area contributed by atoms with E-state index in [0.717, 1.165) is 15.9 Å². The summed E-state index contributed by atoms with van der Waals surface area (Å²) in [5.74, 6) is 0. The maximum Gasteiger partial charge on any atom is 0.109 e. The van der Waals surface area contributed by atoms with Crippen molar-refractivity contribution in [2.45, 2.75) is 13.5 Å². The normalized spacial score (nSPS) is 10.4. The van der Waals surface area contributed by atoms with Crippen molar-refractivity contribution in [2.24, 2.45) is 7.05 Å². The second-order valence-electron chi connectivity index (χ2n) is 2.14. The van der Waals surface area contributed by atoms with Crippen molar-refractivity contribution in [3.05, 3.63) is 15.9 Å². The molecule has 0 fully saturated rings. The molecule has 0 spiro atoms. The Bertz CT molecular complexity index is 244. The minimum absolute atomic E-state index is 0.0419. The minimum Gasteiger partial charge on any atom is -0.392 e. The zero-order chi connectivity index (χ0) is 7.72. The van der Waals surface area contributed by atoms with Gasteiger partial charge in [-0.25, -0.2) is 0 Å². The van der Waals surface area contributed by atoms with Crippen molar-refractivity contribution in [3.63, 3.8) is 0 Å². The molecule has 0 unspecified atom stereocenters. The van der Waals surface area contributed by atoms with Crippen LogP contribution < -0.4 is 0 Å². The van der Waals surface area contributed by atoms with E-state index in [-0.39, 0.29) is 6.61 Å². The van der Waals surface area contributed by atoms with Crippen LogP contribution in [-0.2, 0) is 13.7 Å². The first kappa shape index (κ1) is 7.75. The van der Waals surface area contributed by atoms with Crippen LogP contribution in [0.25, 0.3) is 0 Å². The predicted molar refractivity (Wildman–Crippen MR) is 41.6 cm³/mol. The summed E-state index contributed by atoms with van der Waals surface area (Å²) in [6, 6.07) is 0. The van der Waals surface area contributed by atoms with E-state index in [9.17, 15) is 0 Å². The molecular formula is C6H9BrN2O. The summed E-state index contributed by atoms with van der Waals surface area (Å²) in [4.78, 5) is 0. The molecule has 0 aromatic carbocycles. The van der Waals surface area contributed by atoms with Crippen LogP contribution in [0, 0.1) is 6.92 Å². The molecule has 0 radical (unpaired) electrons. The van der Waals surface area contributed by atoms with Crippen LogP contribution >= 0.6 is 15.9 Å². The van der Waals surface area contributed by atoms with Gasteiger partial charge in [0.25, 0.3) is 0 Å². The van der Waals surface area contributed by atoms with Gasteiger partial charge >= 0.3 is 0 Å². The van der Waals surface area contributed by atoms with Crippen LogP contribution in [0.3, 0.4) is 0 Å². The molecule has 0 amide bonds. The summed E-state index contributed by atoms with van der Waals surface area (Å²) in [5, 5.41) is 12.9. The van der Waals surface area contributed by atoms with Gasteiger partial charge in [-0.1, -0.05) is 0 Å². The van der Waals surface area contributed by atoms with Gasteiger partial charge in [0.2, 0.25) is 0 Å². The number of aromatic nitrogens is 2. The molecule has 1 N–H and O–H groups in total. The molecule has 1 heterocycles. The lowest BCUT2D eigenvalue weighted by Gasteiger charge is -1.92. The fraction of sp³-hybridized carbons (Fsp3) is 0.500. The van der Waals surface area contributed by atoms with Gasteiger partial charge in [0.1, 0.15) is 4.60 Å². The van der Waals surface area contributed by atoms with Crippen LogP contribution in [0.1, 0.15) is 11.3 Å². The van der Waals surface area contributed by atoms with E-state index in [1.165, 1.54) is 0 Å². The van der Waals surface area contributed by atoms with Gasteiger partial charge < -0.3 is 5.11 Å². The molecule has 1 aromatic rings. The summed E-state index contributed by atoms with van der Waals surface area (Å²) in [6.45, 7) is 1.91. The van der Waals surface area contributed by atoms with E-state index in [2.05, 4.69) is 21.0 Å². The van der Waals surface area contributed by atoms with E-state index in [0.29, 0.717) is 0 Å². The Balaban J connectivity index is 3.20. The lowest BCUT2D eigenvalue weighted by molar-refractivity contribution is 0.280. The molecule has 0 aliphatic heterocycles. The Morgan fingerprint density at radius 1 is 1.70 bits per heavy atom. The van der Waals surface area contributed by atoms with Gasteiger partial charge in [0.05, 0.1) is 12.3 Å². The third-order valence-corrected chi connectivity index (χ3v) is 2.42. The molecule has 4 heteroatoms. The van der Waals surface area contributed by atoms with Crippen molar-refractivity contribution in [1.82, 2.24) is 9.78 Å². The summed E-state index contributed by atoms with van der Waals surface area (Å²) in [5.41, 5.74) is 1.74. The summed E-state index contributed by atoms with van der Waals surface area (Å²) < 4.78 is 2.55. The fourth-order valence-corrected chi connectivity index (χ4v) is 1.35. The van der Waals surface area contributed by atoms with E-state index >= 15 is 0 Å². The van der Waals surface area contributed by atoms with Crippen molar-refractivity contribution in [1.29, 1.82) is 0 Å². The molecule has 1 rings (SSSR count). The summed E-state index contributed by atoms with van der Waals surface area (Å²) in [6.07, 6.45) is 0. The fourth-order valence-electron chi connectivity index (χ4n) is 0.853.